The molecule has 0 fully saturated rings. The van der Waals surface area contributed by atoms with E-state index in [-0.39, 0.29) is 0 Å². The molecule has 0 bridgehead atoms. The van der Waals surface area contributed by atoms with Gasteiger partial charge in [0.1, 0.15) is 12.1 Å². The monoisotopic (exact) mass is 321 g/mol. The van der Waals surface area contributed by atoms with Crippen molar-refractivity contribution in [3.8, 4) is 0 Å². The fraction of sp³-hybridized carbons (Fsp3) is 0.263. The Kier molecular flexibility index (Phi) is 5.23. The second-order valence-corrected chi connectivity index (χ2v) is 6.00. The van der Waals surface area contributed by atoms with Crippen LogP contribution in [0.3, 0.4) is 0 Å². The molecule has 0 radical (unpaired) electrons. The fourth-order valence-corrected chi connectivity index (χ4v) is 2.74. The predicted molar refractivity (Wildman–Crippen MR) is 99.8 cm³/mol. The summed E-state index contributed by atoms with van der Waals surface area (Å²) in [4.78, 5) is 10.9. The predicted octanol–water partition coefficient (Wildman–Crippen LogP) is 3.15. The molecule has 24 heavy (non-hydrogen) atoms. The summed E-state index contributed by atoms with van der Waals surface area (Å²) in [6, 6.07) is 16.2. The number of anilines is 2. The number of aromatic nitrogens is 2. The minimum absolute atomic E-state index is 0.717. The lowest BCUT2D eigenvalue weighted by Crippen LogP contribution is -2.21. The quantitative estimate of drug-likeness (QED) is 0.517. The van der Waals surface area contributed by atoms with Gasteiger partial charge in [-0.2, -0.15) is 0 Å². The van der Waals surface area contributed by atoms with Crippen LogP contribution in [0.2, 0.25) is 0 Å². The van der Waals surface area contributed by atoms with Gasteiger partial charge in [0.2, 0.25) is 0 Å². The Morgan fingerprint density at radius 3 is 2.75 bits per heavy atom. The third kappa shape index (κ3) is 4.20. The number of hydrogen-bond donors (Lipinski definition) is 2. The summed E-state index contributed by atoms with van der Waals surface area (Å²) >= 11 is 0. The van der Waals surface area contributed by atoms with Gasteiger partial charge in [-0.25, -0.2) is 9.97 Å². The van der Waals surface area contributed by atoms with E-state index in [1.807, 2.05) is 24.3 Å². The molecule has 3 aromatic rings. The van der Waals surface area contributed by atoms with Crippen LogP contribution in [0.15, 0.2) is 54.9 Å². The van der Waals surface area contributed by atoms with Gasteiger partial charge in [0.05, 0.1) is 5.52 Å². The Balaban J connectivity index is 1.50. The molecule has 5 heteroatoms. The van der Waals surface area contributed by atoms with E-state index in [2.05, 4.69) is 51.5 Å². The van der Waals surface area contributed by atoms with Crippen LogP contribution < -0.4 is 11.1 Å². The van der Waals surface area contributed by atoms with Gasteiger partial charge in [-0.3, -0.25) is 0 Å². The van der Waals surface area contributed by atoms with E-state index in [0.29, 0.717) is 0 Å². The third-order valence-electron chi connectivity index (χ3n) is 3.96. The molecule has 1 aromatic heterocycles. The number of benzene rings is 2. The van der Waals surface area contributed by atoms with Gasteiger partial charge in [0, 0.05) is 24.2 Å². The lowest BCUT2D eigenvalue weighted by molar-refractivity contribution is 0.325. The van der Waals surface area contributed by atoms with Crippen molar-refractivity contribution in [1.29, 1.82) is 0 Å². The Morgan fingerprint density at radius 2 is 1.92 bits per heavy atom. The number of nitrogens with two attached hydrogens (primary N) is 1. The van der Waals surface area contributed by atoms with Gasteiger partial charge >= 0.3 is 0 Å². The highest BCUT2D eigenvalue weighted by Gasteiger charge is 2.04. The molecule has 1 heterocycles. The molecule has 0 atom stereocenters. The van der Waals surface area contributed by atoms with E-state index >= 15 is 0 Å². The molecule has 0 aliphatic carbocycles. The highest BCUT2D eigenvalue weighted by molar-refractivity contribution is 5.90. The number of nitrogens with one attached hydrogen (secondary N) is 1. The van der Waals surface area contributed by atoms with Crippen LogP contribution in [0.5, 0.6) is 0 Å². The molecule has 0 aliphatic rings. The topological polar surface area (TPSA) is 67.1 Å². The Morgan fingerprint density at radius 1 is 1.08 bits per heavy atom. The first-order valence-corrected chi connectivity index (χ1v) is 8.19. The lowest BCUT2D eigenvalue weighted by Gasteiger charge is -2.17. The number of hydrogen-bond acceptors (Lipinski definition) is 5. The number of nitrogen functional groups attached to an aromatic ring is 1. The first-order valence-electron chi connectivity index (χ1n) is 8.19. The number of nitrogens with zero attached hydrogens (tertiary/aromatic N) is 3. The van der Waals surface area contributed by atoms with Crippen LogP contribution in [-0.4, -0.2) is 35.0 Å². The Bertz CT molecular complexity index is 788. The van der Waals surface area contributed by atoms with E-state index < -0.39 is 0 Å². The average molecular weight is 321 g/mol. The molecule has 3 rings (SSSR count). The average Bonchev–Trinajstić information content (AvgIpc) is 2.59. The Hall–Kier alpha value is -2.66. The first kappa shape index (κ1) is 16.2. The van der Waals surface area contributed by atoms with Crippen molar-refractivity contribution >= 4 is 22.4 Å². The molecular formula is C19H23N5. The summed E-state index contributed by atoms with van der Waals surface area (Å²) in [6.07, 6.45) is 2.62. The van der Waals surface area contributed by atoms with Crippen LogP contribution in [0.1, 0.15) is 12.0 Å². The molecule has 0 saturated heterocycles. The Labute approximate surface area is 142 Å². The molecule has 0 spiro atoms. The molecular weight excluding hydrogens is 298 g/mol. The largest absolute Gasteiger partial charge is 0.399 e. The van der Waals surface area contributed by atoms with Crippen LogP contribution in [0.25, 0.3) is 10.9 Å². The van der Waals surface area contributed by atoms with Crippen molar-refractivity contribution in [1.82, 2.24) is 14.9 Å². The van der Waals surface area contributed by atoms with Crippen LogP contribution in [0, 0.1) is 0 Å². The van der Waals surface area contributed by atoms with Gasteiger partial charge in [0.15, 0.2) is 0 Å². The van der Waals surface area contributed by atoms with E-state index in [1.165, 1.54) is 5.56 Å². The number of rotatable bonds is 7. The molecule has 0 saturated carbocycles. The second kappa shape index (κ2) is 7.75. The second-order valence-electron chi connectivity index (χ2n) is 6.00. The van der Waals surface area contributed by atoms with Gasteiger partial charge in [-0.1, -0.05) is 30.3 Å². The zero-order chi connectivity index (χ0) is 16.8. The molecule has 124 valence electrons. The van der Waals surface area contributed by atoms with E-state index in [9.17, 15) is 0 Å². The van der Waals surface area contributed by atoms with Gasteiger partial charge in [0.25, 0.3) is 0 Å². The summed E-state index contributed by atoms with van der Waals surface area (Å²) in [5.74, 6) is 0.866. The third-order valence-corrected chi connectivity index (χ3v) is 3.96. The van der Waals surface area contributed by atoms with Crippen molar-refractivity contribution in [2.24, 2.45) is 0 Å². The summed E-state index contributed by atoms with van der Waals surface area (Å²) in [5.41, 5.74) is 8.73. The number of fused-ring (bicyclic) bond motifs is 1. The van der Waals surface area contributed by atoms with Crippen LogP contribution in [0.4, 0.5) is 11.5 Å². The zero-order valence-corrected chi connectivity index (χ0v) is 13.9. The minimum atomic E-state index is 0.717. The van der Waals surface area contributed by atoms with Crippen molar-refractivity contribution < 1.29 is 0 Å². The first-order chi connectivity index (χ1) is 11.7. The van der Waals surface area contributed by atoms with Crippen molar-refractivity contribution in [3.63, 3.8) is 0 Å². The molecule has 2 aromatic carbocycles. The van der Waals surface area contributed by atoms with E-state index in [1.54, 1.807) is 6.33 Å². The molecule has 0 amide bonds. The maximum Gasteiger partial charge on any atom is 0.137 e. The highest BCUT2D eigenvalue weighted by atomic mass is 15.1. The van der Waals surface area contributed by atoms with Gasteiger partial charge in [-0.05, 0) is 43.8 Å². The summed E-state index contributed by atoms with van der Waals surface area (Å²) in [5, 5.41) is 4.41. The fourth-order valence-electron chi connectivity index (χ4n) is 2.74. The van der Waals surface area contributed by atoms with Gasteiger partial charge in [-0.15, -0.1) is 0 Å². The zero-order valence-electron chi connectivity index (χ0n) is 13.9. The van der Waals surface area contributed by atoms with E-state index in [0.717, 1.165) is 48.5 Å². The minimum Gasteiger partial charge on any atom is -0.399 e. The smallest absolute Gasteiger partial charge is 0.137 e. The van der Waals surface area contributed by atoms with Crippen LogP contribution in [-0.2, 0) is 6.54 Å². The maximum absolute atomic E-state index is 5.81. The van der Waals surface area contributed by atoms with Gasteiger partial charge < -0.3 is 16.0 Å². The van der Waals surface area contributed by atoms with Crippen molar-refractivity contribution in [2.75, 3.05) is 31.2 Å². The molecule has 0 unspecified atom stereocenters. The lowest BCUT2D eigenvalue weighted by atomic mass is 10.2. The van der Waals surface area contributed by atoms with Crippen molar-refractivity contribution in [3.05, 3.63) is 60.4 Å². The molecule has 5 nitrogen and oxygen atoms in total. The highest BCUT2D eigenvalue weighted by Crippen LogP contribution is 2.21. The molecule has 3 N–H and O–H groups in total. The summed E-state index contributed by atoms with van der Waals surface area (Å²) in [6.45, 7) is 2.87. The SMILES string of the molecule is CN(CCCNc1ncnc2cc(N)ccc12)Cc1ccccc1. The maximum atomic E-state index is 5.81. The van der Waals surface area contributed by atoms with E-state index in [4.69, 9.17) is 5.73 Å². The summed E-state index contributed by atoms with van der Waals surface area (Å²) in [7, 11) is 2.15. The molecule has 0 aliphatic heterocycles. The van der Waals surface area contributed by atoms with Crippen LogP contribution >= 0.6 is 0 Å². The normalized spacial score (nSPS) is 11.1. The standard InChI is InChI=1S/C19H23N5/c1-24(13-15-6-3-2-4-7-15)11-5-10-21-19-17-9-8-16(20)12-18(17)22-14-23-19/h2-4,6-9,12,14H,5,10-11,13,20H2,1H3,(H,21,22,23). The summed E-state index contributed by atoms with van der Waals surface area (Å²) < 4.78 is 0. The van der Waals surface area contributed by atoms with Crippen molar-refractivity contribution in [2.45, 2.75) is 13.0 Å².